The molecule has 0 amide bonds. The van der Waals surface area contributed by atoms with Gasteiger partial charge in [-0.2, -0.15) is 0 Å². The molecular formula is C21H21NO5S. The van der Waals surface area contributed by atoms with Crippen LogP contribution >= 0.6 is 11.3 Å². The highest BCUT2D eigenvalue weighted by Gasteiger charge is 2.18. The Bertz CT molecular complexity index is 936. The molecule has 0 aliphatic carbocycles. The van der Waals surface area contributed by atoms with Crippen molar-refractivity contribution in [1.29, 1.82) is 0 Å². The number of rotatable bonds is 9. The summed E-state index contributed by atoms with van der Waals surface area (Å²) in [6.07, 6.45) is 0.566. The number of ether oxygens (including phenoxy) is 3. The van der Waals surface area contributed by atoms with E-state index in [9.17, 15) is 9.90 Å². The molecule has 1 aromatic heterocycles. The zero-order chi connectivity index (χ0) is 19.9. The molecule has 2 aromatic carbocycles. The van der Waals surface area contributed by atoms with Crippen LogP contribution in [0, 0.1) is 0 Å². The van der Waals surface area contributed by atoms with Gasteiger partial charge >= 0.3 is 5.97 Å². The van der Waals surface area contributed by atoms with Gasteiger partial charge in [0, 0.05) is 0 Å². The molecule has 0 spiro atoms. The summed E-state index contributed by atoms with van der Waals surface area (Å²) in [6.45, 7) is 2.62. The summed E-state index contributed by atoms with van der Waals surface area (Å²) < 4.78 is 16.7. The summed E-state index contributed by atoms with van der Waals surface area (Å²) >= 11 is 1.17. The SMILES string of the molecule is CCc1nc(-c2ccccc2OCCOc2ccc(OC)cc2)sc1C(=O)O. The van der Waals surface area contributed by atoms with Crippen LogP contribution in [-0.2, 0) is 6.42 Å². The molecule has 28 heavy (non-hydrogen) atoms. The van der Waals surface area contributed by atoms with E-state index in [1.807, 2.05) is 55.5 Å². The average molecular weight is 399 g/mol. The number of carboxylic acid groups (broad SMARTS) is 1. The maximum atomic E-state index is 11.4. The second-order valence-electron chi connectivity index (χ2n) is 5.82. The van der Waals surface area contributed by atoms with Crippen LogP contribution in [0.5, 0.6) is 17.2 Å². The van der Waals surface area contributed by atoms with Crippen LogP contribution in [0.3, 0.4) is 0 Å². The number of hydrogen-bond acceptors (Lipinski definition) is 6. The van der Waals surface area contributed by atoms with E-state index in [1.54, 1.807) is 7.11 Å². The van der Waals surface area contributed by atoms with Crippen molar-refractivity contribution in [3.63, 3.8) is 0 Å². The number of aromatic carboxylic acids is 1. The minimum atomic E-state index is -0.952. The quantitative estimate of drug-likeness (QED) is 0.533. The molecule has 3 aromatic rings. The number of aromatic nitrogens is 1. The minimum absolute atomic E-state index is 0.273. The standard InChI is InChI=1S/C21H21NO5S/c1-3-17-19(21(23)24)28-20(22-17)16-6-4-5-7-18(16)27-13-12-26-15-10-8-14(25-2)9-11-15/h4-11H,3,12-13H2,1-2H3,(H,23,24). The maximum Gasteiger partial charge on any atom is 0.347 e. The van der Waals surface area contributed by atoms with Crippen molar-refractivity contribution in [2.75, 3.05) is 20.3 Å². The van der Waals surface area contributed by atoms with Crippen LogP contribution in [0.25, 0.3) is 10.6 Å². The Morgan fingerprint density at radius 3 is 2.36 bits per heavy atom. The molecule has 0 aliphatic heterocycles. The van der Waals surface area contributed by atoms with Gasteiger partial charge in [0.05, 0.1) is 18.4 Å². The Hall–Kier alpha value is -3.06. The number of carboxylic acids is 1. The van der Waals surface area contributed by atoms with E-state index in [0.717, 1.165) is 17.1 Å². The second kappa shape index (κ2) is 9.23. The zero-order valence-electron chi connectivity index (χ0n) is 15.7. The van der Waals surface area contributed by atoms with Crippen LogP contribution in [0.2, 0.25) is 0 Å². The van der Waals surface area contributed by atoms with Gasteiger partial charge in [-0.05, 0) is 42.8 Å². The molecule has 3 rings (SSSR count). The Labute approximate surface area is 167 Å². The molecule has 0 saturated heterocycles. The lowest BCUT2D eigenvalue weighted by atomic mass is 10.2. The smallest absolute Gasteiger partial charge is 0.347 e. The second-order valence-corrected chi connectivity index (χ2v) is 6.82. The Kier molecular flexibility index (Phi) is 6.49. The van der Waals surface area contributed by atoms with Crippen LogP contribution in [-0.4, -0.2) is 36.4 Å². The van der Waals surface area contributed by atoms with E-state index in [4.69, 9.17) is 14.2 Å². The molecule has 1 N–H and O–H groups in total. The Morgan fingerprint density at radius 1 is 1.04 bits per heavy atom. The van der Waals surface area contributed by atoms with E-state index < -0.39 is 5.97 Å². The first-order valence-electron chi connectivity index (χ1n) is 8.84. The topological polar surface area (TPSA) is 77.9 Å². The highest BCUT2D eigenvalue weighted by molar-refractivity contribution is 7.17. The van der Waals surface area contributed by atoms with Gasteiger partial charge in [-0.25, -0.2) is 9.78 Å². The average Bonchev–Trinajstić information content (AvgIpc) is 3.16. The van der Waals surface area contributed by atoms with Crippen molar-refractivity contribution < 1.29 is 24.1 Å². The molecule has 146 valence electrons. The first-order chi connectivity index (χ1) is 13.6. The molecule has 0 saturated carbocycles. The third kappa shape index (κ3) is 4.61. The number of carbonyl (C=O) groups is 1. The lowest BCUT2D eigenvalue weighted by molar-refractivity contribution is 0.0701. The predicted molar refractivity (Wildman–Crippen MR) is 108 cm³/mol. The summed E-state index contributed by atoms with van der Waals surface area (Å²) in [4.78, 5) is 16.2. The fourth-order valence-corrected chi connectivity index (χ4v) is 3.65. The molecule has 0 radical (unpaired) electrons. The lowest BCUT2D eigenvalue weighted by Crippen LogP contribution is -2.09. The Balaban J connectivity index is 1.66. The first-order valence-corrected chi connectivity index (χ1v) is 9.66. The number of para-hydroxylation sites is 1. The molecule has 0 bridgehead atoms. The minimum Gasteiger partial charge on any atom is -0.497 e. The largest absolute Gasteiger partial charge is 0.497 e. The van der Waals surface area contributed by atoms with Crippen molar-refractivity contribution >= 4 is 17.3 Å². The van der Waals surface area contributed by atoms with E-state index >= 15 is 0 Å². The highest BCUT2D eigenvalue weighted by Crippen LogP contribution is 2.34. The molecule has 0 aliphatic rings. The van der Waals surface area contributed by atoms with Crippen molar-refractivity contribution in [2.45, 2.75) is 13.3 Å². The predicted octanol–water partition coefficient (Wildman–Crippen LogP) is 4.54. The molecule has 7 heteroatoms. The van der Waals surface area contributed by atoms with Gasteiger partial charge in [0.15, 0.2) is 0 Å². The third-order valence-electron chi connectivity index (χ3n) is 4.01. The number of nitrogens with zero attached hydrogens (tertiary/aromatic N) is 1. The van der Waals surface area contributed by atoms with Gasteiger partial charge in [0.1, 0.15) is 40.3 Å². The van der Waals surface area contributed by atoms with Crippen molar-refractivity contribution in [3.05, 3.63) is 59.1 Å². The van der Waals surface area contributed by atoms with Crippen molar-refractivity contribution in [2.24, 2.45) is 0 Å². The van der Waals surface area contributed by atoms with Crippen molar-refractivity contribution in [3.8, 4) is 27.8 Å². The number of hydrogen-bond donors (Lipinski definition) is 1. The summed E-state index contributed by atoms with van der Waals surface area (Å²) in [7, 11) is 1.62. The molecule has 1 heterocycles. The summed E-state index contributed by atoms with van der Waals surface area (Å²) in [5.41, 5.74) is 1.37. The van der Waals surface area contributed by atoms with Gasteiger partial charge in [-0.3, -0.25) is 0 Å². The first kappa shape index (κ1) is 19.7. The van der Waals surface area contributed by atoms with Crippen LogP contribution in [0.1, 0.15) is 22.3 Å². The molecular weight excluding hydrogens is 378 g/mol. The van der Waals surface area contributed by atoms with E-state index in [-0.39, 0.29) is 4.88 Å². The number of thiazole rings is 1. The maximum absolute atomic E-state index is 11.4. The highest BCUT2D eigenvalue weighted by atomic mass is 32.1. The van der Waals surface area contributed by atoms with Gasteiger partial charge in [-0.1, -0.05) is 19.1 Å². The van der Waals surface area contributed by atoms with Gasteiger partial charge in [0.2, 0.25) is 0 Å². The molecule has 0 unspecified atom stereocenters. The van der Waals surface area contributed by atoms with Crippen LogP contribution < -0.4 is 14.2 Å². The summed E-state index contributed by atoms with van der Waals surface area (Å²) in [5.74, 6) is 1.20. The molecule has 0 atom stereocenters. The third-order valence-corrected chi connectivity index (χ3v) is 5.13. The molecule has 6 nitrogen and oxygen atoms in total. The zero-order valence-corrected chi connectivity index (χ0v) is 16.5. The summed E-state index contributed by atoms with van der Waals surface area (Å²) in [5, 5.41) is 10.00. The molecule has 0 fully saturated rings. The lowest BCUT2D eigenvalue weighted by Gasteiger charge is -2.11. The fourth-order valence-electron chi connectivity index (χ4n) is 2.63. The van der Waals surface area contributed by atoms with Gasteiger partial charge in [0.25, 0.3) is 0 Å². The van der Waals surface area contributed by atoms with Gasteiger partial charge < -0.3 is 19.3 Å². The number of aryl methyl sites for hydroxylation is 1. The van der Waals surface area contributed by atoms with Gasteiger partial charge in [-0.15, -0.1) is 11.3 Å². The van der Waals surface area contributed by atoms with E-state index in [0.29, 0.717) is 36.1 Å². The fraction of sp³-hybridized carbons (Fsp3) is 0.238. The Morgan fingerprint density at radius 2 is 1.71 bits per heavy atom. The monoisotopic (exact) mass is 399 g/mol. The van der Waals surface area contributed by atoms with E-state index in [2.05, 4.69) is 4.98 Å². The van der Waals surface area contributed by atoms with Crippen LogP contribution in [0.15, 0.2) is 48.5 Å². The van der Waals surface area contributed by atoms with E-state index in [1.165, 1.54) is 11.3 Å². The van der Waals surface area contributed by atoms with Crippen LogP contribution in [0.4, 0.5) is 0 Å². The number of methoxy groups -OCH3 is 1. The van der Waals surface area contributed by atoms with Crippen molar-refractivity contribution in [1.82, 2.24) is 4.98 Å². The number of benzene rings is 2. The summed E-state index contributed by atoms with van der Waals surface area (Å²) in [6, 6.07) is 14.8. The normalized spacial score (nSPS) is 10.5.